The summed E-state index contributed by atoms with van der Waals surface area (Å²) < 4.78 is 4.31. The maximum atomic E-state index is 9.83. The van der Waals surface area contributed by atoms with Crippen LogP contribution in [-0.4, -0.2) is 11.8 Å². The Kier molecular flexibility index (Phi) is 3.39. The Morgan fingerprint density at radius 3 is 1.90 bits per heavy atom. The Morgan fingerprint density at radius 2 is 1.90 bits per heavy atom. The molecule has 0 aromatic carbocycles. The molecule has 0 unspecified atom stereocenters. The van der Waals surface area contributed by atoms with Gasteiger partial charge in [-0.25, -0.2) is 0 Å². The molecule has 3 heteroatoms. The average molecular weight is 142 g/mol. The van der Waals surface area contributed by atoms with Crippen molar-refractivity contribution in [3.63, 3.8) is 0 Å². The molecule has 0 aliphatic carbocycles. The fraction of sp³-hybridized carbons (Fsp3) is 0.429. The zero-order valence-electron chi connectivity index (χ0n) is 6.14. The van der Waals surface area contributed by atoms with Gasteiger partial charge in [0, 0.05) is 0 Å². The summed E-state index contributed by atoms with van der Waals surface area (Å²) >= 11 is 0. The second-order valence-corrected chi connectivity index (χ2v) is 2.10. The van der Waals surface area contributed by atoms with Gasteiger partial charge in [0.15, 0.2) is 0 Å². The van der Waals surface area contributed by atoms with Gasteiger partial charge in [0.05, 0.1) is 0 Å². The van der Waals surface area contributed by atoms with E-state index in [1.165, 1.54) is 13.8 Å². The van der Waals surface area contributed by atoms with E-state index in [0.717, 1.165) is 0 Å². The normalized spacial score (nSPS) is 14.2. The van der Waals surface area contributed by atoms with Crippen LogP contribution in [0.15, 0.2) is 12.3 Å². The second kappa shape index (κ2) is 3.82. The lowest BCUT2D eigenvalue weighted by molar-refractivity contribution is -0.148. The molecule has 1 aliphatic heterocycles. The number of hydrogen-bond donors (Lipinski definition) is 0. The van der Waals surface area contributed by atoms with E-state index in [0.29, 0.717) is 12.2 Å². The summed E-state index contributed by atoms with van der Waals surface area (Å²) in [5.41, 5.74) is 0. The Labute approximate surface area is 59.7 Å². The van der Waals surface area contributed by atoms with Gasteiger partial charge in [-0.2, -0.15) is 0 Å². The van der Waals surface area contributed by atoms with Gasteiger partial charge in [-0.1, -0.05) is 6.58 Å². The van der Waals surface area contributed by atoms with E-state index in [-0.39, 0.29) is 11.8 Å². The molecule has 0 atom stereocenters. The van der Waals surface area contributed by atoms with Crippen LogP contribution < -0.4 is 0 Å². The van der Waals surface area contributed by atoms with Crippen molar-refractivity contribution in [1.82, 2.24) is 0 Å². The zero-order valence-corrected chi connectivity index (χ0v) is 6.14. The third kappa shape index (κ3) is 5.03. The predicted octanol–water partition coefficient (Wildman–Crippen LogP) is 1.04. The molecule has 0 aromatic heterocycles. The van der Waals surface area contributed by atoms with Gasteiger partial charge in [-0.05, 0) is 13.8 Å². The van der Waals surface area contributed by atoms with Crippen LogP contribution in [0.3, 0.4) is 0 Å². The quantitative estimate of drug-likeness (QED) is 0.474. The summed E-state index contributed by atoms with van der Waals surface area (Å²) in [4.78, 5) is 19.3. The van der Waals surface area contributed by atoms with Crippen molar-refractivity contribution in [3.8, 4) is 0 Å². The van der Waals surface area contributed by atoms with E-state index in [4.69, 9.17) is 0 Å². The Bertz CT molecular complexity index is 144. The van der Waals surface area contributed by atoms with Crippen LogP contribution in [0.1, 0.15) is 20.3 Å². The highest BCUT2D eigenvalue weighted by Crippen LogP contribution is 2.13. The standard InChI is InChI=1S/C4H4O2.C3H6O/c1-3-2-4(5)6-3;1-3(2)4/h1-2H2;1-2H3. The molecule has 10 heavy (non-hydrogen) atoms. The first-order valence-corrected chi connectivity index (χ1v) is 2.88. The number of esters is 1. The van der Waals surface area contributed by atoms with Crippen LogP contribution in [0.2, 0.25) is 0 Å². The van der Waals surface area contributed by atoms with Gasteiger partial charge < -0.3 is 9.53 Å². The van der Waals surface area contributed by atoms with E-state index in [1.807, 2.05) is 0 Å². The molecule has 0 bridgehead atoms. The molecule has 1 fully saturated rings. The van der Waals surface area contributed by atoms with Gasteiger partial charge in [0.1, 0.15) is 18.0 Å². The van der Waals surface area contributed by atoms with Crippen molar-refractivity contribution in [2.24, 2.45) is 0 Å². The van der Waals surface area contributed by atoms with Crippen LogP contribution in [0.5, 0.6) is 0 Å². The van der Waals surface area contributed by atoms with Gasteiger partial charge in [-0.3, -0.25) is 4.79 Å². The lowest BCUT2D eigenvalue weighted by Crippen LogP contribution is -2.15. The first-order valence-electron chi connectivity index (χ1n) is 2.88. The summed E-state index contributed by atoms with van der Waals surface area (Å²) in [6.45, 7) is 6.42. The minimum absolute atomic E-state index is 0.167. The lowest BCUT2D eigenvalue weighted by atomic mass is 10.3. The number of carbonyl (C=O) groups excluding carboxylic acids is 2. The molecule has 1 heterocycles. The number of cyclic esters (lactones) is 1. The van der Waals surface area contributed by atoms with Crippen molar-refractivity contribution in [1.29, 1.82) is 0 Å². The highest BCUT2D eigenvalue weighted by Gasteiger charge is 2.17. The molecular weight excluding hydrogens is 132 g/mol. The smallest absolute Gasteiger partial charge is 0.318 e. The van der Waals surface area contributed by atoms with Gasteiger partial charge in [0.25, 0.3) is 0 Å². The maximum Gasteiger partial charge on any atom is 0.318 e. The second-order valence-electron chi connectivity index (χ2n) is 2.10. The zero-order chi connectivity index (χ0) is 8.15. The summed E-state index contributed by atoms with van der Waals surface area (Å²) in [7, 11) is 0. The van der Waals surface area contributed by atoms with Crippen molar-refractivity contribution >= 4 is 11.8 Å². The monoisotopic (exact) mass is 142 g/mol. The summed E-state index contributed by atoms with van der Waals surface area (Å²) in [6.07, 6.45) is 0.417. The molecule has 1 saturated heterocycles. The number of hydrogen-bond acceptors (Lipinski definition) is 3. The maximum absolute atomic E-state index is 9.83. The third-order valence-electron chi connectivity index (χ3n) is 0.600. The number of rotatable bonds is 0. The molecule has 1 aliphatic rings. The Hall–Kier alpha value is -1.12. The molecular formula is C7H10O3. The first kappa shape index (κ1) is 8.88. The molecule has 0 saturated carbocycles. The number of ether oxygens (including phenoxy) is 1. The van der Waals surface area contributed by atoms with Crippen molar-refractivity contribution in [2.75, 3.05) is 0 Å². The minimum atomic E-state index is -0.167. The van der Waals surface area contributed by atoms with Crippen LogP contribution in [0.25, 0.3) is 0 Å². The van der Waals surface area contributed by atoms with Crippen molar-refractivity contribution < 1.29 is 14.3 Å². The molecule has 1 rings (SSSR count). The highest BCUT2D eigenvalue weighted by molar-refractivity contribution is 5.79. The fourth-order valence-corrected chi connectivity index (χ4v) is 0.314. The molecule has 0 amide bonds. The molecule has 3 nitrogen and oxygen atoms in total. The van der Waals surface area contributed by atoms with Gasteiger partial charge >= 0.3 is 5.97 Å². The molecule has 0 N–H and O–H groups in total. The van der Waals surface area contributed by atoms with Crippen LogP contribution >= 0.6 is 0 Å². The molecule has 0 radical (unpaired) electrons. The number of carbonyl (C=O) groups is 2. The summed E-state index contributed by atoms with van der Waals surface area (Å²) in [5.74, 6) is 0.583. The molecule has 0 aromatic rings. The summed E-state index contributed by atoms with van der Waals surface area (Å²) in [6, 6.07) is 0. The summed E-state index contributed by atoms with van der Waals surface area (Å²) in [5, 5.41) is 0. The van der Waals surface area contributed by atoms with E-state index in [1.54, 1.807) is 0 Å². The lowest BCUT2D eigenvalue weighted by Gasteiger charge is -2.12. The van der Waals surface area contributed by atoms with Crippen LogP contribution in [-0.2, 0) is 14.3 Å². The van der Waals surface area contributed by atoms with E-state index in [2.05, 4.69) is 11.3 Å². The largest absolute Gasteiger partial charge is 0.431 e. The first-order chi connectivity index (χ1) is 4.52. The topological polar surface area (TPSA) is 43.4 Å². The Balaban J connectivity index is 0.000000180. The molecule has 56 valence electrons. The van der Waals surface area contributed by atoms with Gasteiger partial charge in [-0.15, -0.1) is 0 Å². The number of Topliss-reactive ketones (excluding diaryl/α,β-unsaturated/α-hetero) is 1. The van der Waals surface area contributed by atoms with E-state index < -0.39 is 0 Å². The van der Waals surface area contributed by atoms with E-state index in [9.17, 15) is 9.59 Å². The van der Waals surface area contributed by atoms with Crippen LogP contribution in [0, 0.1) is 0 Å². The minimum Gasteiger partial charge on any atom is -0.431 e. The fourth-order valence-electron chi connectivity index (χ4n) is 0.314. The Morgan fingerprint density at radius 1 is 1.60 bits per heavy atom. The third-order valence-corrected chi connectivity index (χ3v) is 0.600. The molecule has 0 spiro atoms. The van der Waals surface area contributed by atoms with Crippen molar-refractivity contribution in [2.45, 2.75) is 20.3 Å². The predicted molar refractivity (Wildman–Crippen MR) is 36.2 cm³/mol. The van der Waals surface area contributed by atoms with Gasteiger partial charge in [0.2, 0.25) is 0 Å². The average Bonchev–Trinajstić information content (AvgIpc) is 1.60. The number of ketones is 1. The highest BCUT2D eigenvalue weighted by atomic mass is 16.6. The van der Waals surface area contributed by atoms with Crippen LogP contribution in [0.4, 0.5) is 0 Å². The van der Waals surface area contributed by atoms with E-state index >= 15 is 0 Å². The SMILES string of the molecule is C=C1CC(=O)O1.CC(C)=O. The van der Waals surface area contributed by atoms with Crippen molar-refractivity contribution in [3.05, 3.63) is 12.3 Å².